The van der Waals surface area contributed by atoms with Crippen LogP contribution in [0.2, 0.25) is 0 Å². The summed E-state index contributed by atoms with van der Waals surface area (Å²) in [5.74, 6) is 5.14. The second kappa shape index (κ2) is 6.44. The molecule has 114 valence electrons. The molecular weight excluding hydrogens is 338 g/mol. The highest BCUT2D eigenvalue weighted by atomic mass is 32.2. The first kappa shape index (κ1) is 15.8. The van der Waals surface area contributed by atoms with E-state index < -0.39 is 14.9 Å². The van der Waals surface area contributed by atoms with Gasteiger partial charge in [0.05, 0.1) is 9.93 Å². The van der Waals surface area contributed by atoms with Gasteiger partial charge in [0, 0.05) is 30.6 Å². The Kier molecular flexibility index (Phi) is 4.84. The minimum atomic E-state index is -3.81. The number of nitrogen functional groups attached to an aromatic ring is 1. The third-order valence-electron chi connectivity index (χ3n) is 2.40. The molecule has 0 fully saturated rings. The zero-order valence-corrected chi connectivity index (χ0v) is 12.9. The van der Waals surface area contributed by atoms with Crippen LogP contribution in [0.15, 0.2) is 21.9 Å². The Balaban J connectivity index is 2.10. The molecule has 0 aliphatic carbocycles. The summed E-state index contributed by atoms with van der Waals surface area (Å²) >= 11 is 2.13. The molecule has 0 aliphatic heterocycles. The molecule has 0 bridgehead atoms. The van der Waals surface area contributed by atoms with E-state index in [1.54, 1.807) is 11.6 Å². The van der Waals surface area contributed by atoms with Gasteiger partial charge in [-0.1, -0.05) is 11.3 Å². The number of nitro groups is 1. The lowest BCUT2D eigenvalue weighted by Gasteiger charge is -2.02. The van der Waals surface area contributed by atoms with Gasteiger partial charge in [-0.15, -0.1) is 11.3 Å². The van der Waals surface area contributed by atoms with Gasteiger partial charge >= 0.3 is 5.69 Å². The second-order valence-electron chi connectivity index (χ2n) is 3.75. The highest BCUT2D eigenvalue weighted by Gasteiger charge is 2.25. The molecule has 0 amide bonds. The van der Waals surface area contributed by atoms with Crippen molar-refractivity contribution in [2.24, 2.45) is 5.84 Å². The van der Waals surface area contributed by atoms with Crippen LogP contribution >= 0.6 is 22.7 Å². The average molecular weight is 349 g/mol. The van der Waals surface area contributed by atoms with Gasteiger partial charge in [-0.3, -0.25) is 10.1 Å². The topological polar surface area (TPSA) is 140 Å². The highest BCUT2D eigenvalue weighted by molar-refractivity contribution is 7.91. The summed E-state index contributed by atoms with van der Waals surface area (Å²) in [4.78, 5) is 14.1. The summed E-state index contributed by atoms with van der Waals surface area (Å²) < 4.78 is 26.3. The summed E-state index contributed by atoms with van der Waals surface area (Å²) in [6, 6.07) is 0.978. The number of rotatable bonds is 7. The summed E-state index contributed by atoms with van der Waals surface area (Å²) in [6.45, 7) is 0.160. The smallest absolute Gasteiger partial charge is 0.306 e. The Morgan fingerprint density at radius 3 is 2.76 bits per heavy atom. The standard InChI is InChI=1S/C9H11N5O4S3/c10-13-9-6(14(15)16)5-8(20-9)21(17,18)12-2-1-7-11-3-4-19-7/h3-5,12-13H,1-2,10H2. The number of anilines is 1. The molecule has 21 heavy (non-hydrogen) atoms. The van der Waals surface area contributed by atoms with Crippen LogP contribution in [-0.4, -0.2) is 24.9 Å². The fraction of sp³-hybridized carbons (Fsp3) is 0.222. The molecule has 2 aromatic rings. The maximum absolute atomic E-state index is 12.1. The number of sulfonamides is 1. The second-order valence-corrected chi connectivity index (χ2v) is 7.78. The first-order valence-electron chi connectivity index (χ1n) is 5.57. The van der Waals surface area contributed by atoms with Crippen LogP contribution < -0.4 is 16.0 Å². The third kappa shape index (κ3) is 3.74. The summed E-state index contributed by atoms with van der Waals surface area (Å²) in [6.07, 6.45) is 2.09. The summed E-state index contributed by atoms with van der Waals surface area (Å²) in [7, 11) is -3.81. The summed E-state index contributed by atoms with van der Waals surface area (Å²) in [5.41, 5.74) is 1.75. The minimum absolute atomic E-state index is 0.0136. The van der Waals surface area contributed by atoms with Crippen LogP contribution in [0.25, 0.3) is 0 Å². The maximum Gasteiger partial charge on any atom is 0.306 e. The number of aromatic nitrogens is 1. The van der Waals surface area contributed by atoms with Crippen molar-refractivity contribution in [2.45, 2.75) is 10.6 Å². The van der Waals surface area contributed by atoms with Gasteiger partial charge in [0.15, 0.2) is 5.00 Å². The molecule has 4 N–H and O–H groups in total. The van der Waals surface area contributed by atoms with Crippen molar-refractivity contribution < 1.29 is 13.3 Å². The van der Waals surface area contributed by atoms with Crippen LogP contribution in [0, 0.1) is 10.1 Å². The van der Waals surface area contributed by atoms with Crippen molar-refractivity contribution in [2.75, 3.05) is 12.0 Å². The fourth-order valence-corrected chi connectivity index (χ4v) is 4.41. The number of thiophene rings is 1. The van der Waals surface area contributed by atoms with E-state index in [-0.39, 0.29) is 21.4 Å². The van der Waals surface area contributed by atoms with Crippen LogP contribution in [-0.2, 0) is 16.4 Å². The number of thiazole rings is 1. The van der Waals surface area contributed by atoms with Crippen LogP contribution in [0.4, 0.5) is 10.7 Å². The fourth-order valence-electron chi connectivity index (χ4n) is 1.47. The molecule has 12 heteroatoms. The lowest BCUT2D eigenvalue weighted by molar-refractivity contribution is -0.383. The van der Waals surface area contributed by atoms with Crippen molar-refractivity contribution in [3.8, 4) is 0 Å². The number of hydrazine groups is 1. The molecule has 0 unspecified atom stereocenters. The molecule has 2 aromatic heterocycles. The lowest BCUT2D eigenvalue weighted by Crippen LogP contribution is -2.25. The Bertz CT molecular complexity index is 725. The van der Waals surface area contributed by atoms with E-state index in [1.807, 2.05) is 0 Å². The molecule has 0 aromatic carbocycles. The zero-order chi connectivity index (χ0) is 15.5. The van der Waals surface area contributed by atoms with Crippen LogP contribution in [0.1, 0.15) is 5.01 Å². The Morgan fingerprint density at radius 2 is 2.24 bits per heavy atom. The first-order chi connectivity index (χ1) is 9.94. The van der Waals surface area contributed by atoms with Crippen LogP contribution in [0.5, 0.6) is 0 Å². The van der Waals surface area contributed by atoms with Gasteiger partial charge in [-0.05, 0) is 0 Å². The van der Waals surface area contributed by atoms with Crippen molar-refractivity contribution in [3.05, 3.63) is 32.8 Å². The molecule has 2 heterocycles. The van der Waals surface area contributed by atoms with E-state index in [1.165, 1.54) is 11.3 Å². The minimum Gasteiger partial charge on any atom is -0.310 e. The Labute approximate surface area is 128 Å². The third-order valence-corrected chi connectivity index (χ3v) is 6.23. The Morgan fingerprint density at radius 1 is 1.48 bits per heavy atom. The van der Waals surface area contributed by atoms with E-state index in [4.69, 9.17) is 5.84 Å². The molecule has 0 atom stereocenters. The monoisotopic (exact) mass is 349 g/mol. The number of nitrogens with two attached hydrogens (primary N) is 1. The molecule has 0 aliphatic rings. The van der Waals surface area contributed by atoms with E-state index in [0.29, 0.717) is 17.8 Å². The van der Waals surface area contributed by atoms with E-state index in [9.17, 15) is 18.5 Å². The number of hydrogen-bond donors (Lipinski definition) is 3. The molecule has 0 radical (unpaired) electrons. The predicted molar refractivity (Wildman–Crippen MR) is 79.8 cm³/mol. The van der Waals surface area contributed by atoms with Crippen molar-refractivity contribution in [1.29, 1.82) is 0 Å². The molecule has 0 spiro atoms. The van der Waals surface area contributed by atoms with Crippen molar-refractivity contribution in [3.63, 3.8) is 0 Å². The van der Waals surface area contributed by atoms with E-state index in [0.717, 1.165) is 11.1 Å². The van der Waals surface area contributed by atoms with Gasteiger partial charge in [-0.2, -0.15) is 0 Å². The number of hydrogen-bond acceptors (Lipinski definition) is 9. The Hall–Kier alpha value is -1.60. The quantitative estimate of drug-likeness (QED) is 0.383. The zero-order valence-electron chi connectivity index (χ0n) is 10.5. The van der Waals surface area contributed by atoms with Crippen molar-refractivity contribution >= 4 is 43.4 Å². The van der Waals surface area contributed by atoms with Gasteiger partial charge in [0.25, 0.3) is 0 Å². The maximum atomic E-state index is 12.1. The molecule has 0 saturated carbocycles. The van der Waals surface area contributed by atoms with Gasteiger partial charge in [-0.25, -0.2) is 24.0 Å². The van der Waals surface area contributed by atoms with Crippen LogP contribution in [0.3, 0.4) is 0 Å². The summed E-state index contributed by atoms with van der Waals surface area (Å²) in [5, 5.41) is 13.4. The molecule has 9 nitrogen and oxygen atoms in total. The highest BCUT2D eigenvalue weighted by Crippen LogP contribution is 2.36. The normalized spacial score (nSPS) is 11.5. The SMILES string of the molecule is NNc1sc(S(=O)(=O)NCCc2nccs2)cc1[N+](=O)[O-]. The molecular formula is C9H11N5O4S3. The molecule has 2 rings (SSSR count). The molecule has 0 saturated heterocycles. The van der Waals surface area contributed by atoms with Gasteiger partial charge < -0.3 is 5.43 Å². The van der Waals surface area contributed by atoms with Gasteiger partial charge in [0.2, 0.25) is 10.0 Å². The largest absolute Gasteiger partial charge is 0.310 e. The van der Waals surface area contributed by atoms with Crippen molar-refractivity contribution in [1.82, 2.24) is 9.71 Å². The number of nitrogens with zero attached hydrogens (tertiary/aromatic N) is 2. The van der Waals surface area contributed by atoms with E-state index in [2.05, 4.69) is 15.1 Å². The predicted octanol–water partition coefficient (Wildman–Crippen LogP) is 0.919. The van der Waals surface area contributed by atoms with E-state index >= 15 is 0 Å². The lowest BCUT2D eigenvalue weighted by atomic mass is 10.5. The number of nitrogens with one attached hydrogen (secondary N) is 2. The van der Waals surface area contributed by atoms with Gasteiger partial charge in [0.1, 0.15) is 4.21 Å². The average Bonchev–Trinajstić information content (AvgIpc) is 3.07. The first-order valence-corrected chi connectivity index (χ1v) is 8.75.